The van der Waals surface area contributed by atoms with Gasteiger partial charge in [-0.15, -0.1) is 11.8 Å². The monoisotopic (exact) mass is 359 g/mol. The van der Waals surface area contributed by atoms with Crippen molar-refractivity contribution in [1.82, 2.24) is 9.78 Å². The first-order chi connectivity index (χ1) is 11.8. The Morgan fingerprint density at radius 2 is 2.16 bits per heavy atom. The largest absolute Gasteiger partial charge is 0.379 e. The van der Waals surface area contributed by atoms with Crippen LogP contribution in [0, 0.1) is 5.82 Å². The van der Waals surface area contributed by atoms with Crippen molar-refractivity contribution in [2.45, 2.75) is 17.4 Å². The summed E-state index contributed by atoms with van der Waals surface area (Å²) in [5.74, 6) is -0.766. The minimum Gasteiger partial charge on any atom is -0.379 e. The van der Waals surface area contributed by atoms with Crippen LogP contribution in [0.4, 0.5) is 10.1 Å². The minimum absolute atomic E-state index is 0.105. The van der Waals surface area contributed by atoms with Gasteiger partial charge in [0, 0.05) is 35.0 Å². The summed E-state index contributed by atoms with van der Waals surface area (Å²) >= 11 is 1.22. The first-order valence-corrected chi connectivity index (χ1v) is 8.68. The number of aliphatic hydroxyl groups is 1. The van der Waals surface area contributed by atoms with E-state index in [1.54, 1.807) is 28.9 Å². The van der Waals surface area contributed by atoms with Crippen LogP contribution in [-0.2, 0) is 11.8 Å². The van der Waals surface area contributed by atoms with Crippen LogP contribution in [0.25, 0.3) is 10.9 Å². The molecule has 1 atom stereocenters. The van der Waals surface area contributed by atoms with E-state index >= 15 is 0 Å². The Kier molecular flexibility index (Phi) is 4.78. The van der Waals surface area contributed by atoms with Crippen molar-refractivity contribution in [2.24, 2.45) is 7.05 Å². The molecule has 3 aromatic rings. The highest BCUT2D eigenvalue weighted by Crippen LogP contribution is 2.25. The van der Waals surface area contributed by atoms with E-state index in [0.29, 0.717) is 10.6 Å². The maximum Gasteiger partial charge on any atom is 0.256 e. The van der Waals surface area contributed by atoms with E-state index in [4.69, 9.17) is 0 Å². The van der Waals surface area contributed by atoms with E-state index in [-0.39, 0.29) is 11.6 Å². The van der Waals surface area contributed by atoms with Crippen LogP contribution < -0.4 is 5.32 Å². The van der Waals surface area contributed by atoms with E-state index < -0.39 is 11.5 Å². The number of aryl methyl sites for hydroxylation is 1. The number of nitrogens with one attached hydrogen (secondary N) is 1. The van der Waals surface area contributed by atoms with Gasteiger partial charge in [-0.2, -0.15) is 5.10 Å². The van der Waals surface area contributed by atoms with Crippen molar-refractivity contribution in [2.75, 3.05) is 11.1 Å². The number of hydrogen-bond donors (Lipinski definition) is 2. The number of aromatic nitrogens is 2. The second-order valence-electron chi connectivity index (χ2n) is 6.05. The van der Waals surface area contributed by atoms with Crippen LogP contribution in [0.5, 0.6) is 0 Å². The van der Waals surface area contributed by atoms with E-state index in [1.165, 1.54) is 30.8 Å². The standard InChI is InChI=1S/C18H18FN3O2S/c1-18(24,11-25-15-5-3-4-13(19)8-15)17(23)20-14-7-6-12-10-22(2)21-16(12)9-14/h3-10,24H,11H2,1-2H3,(H,20,23). The molecule has 1 heterocycles. The zero-order valence-corrected chi connectivity index (χ0v) is 14.7. The molecular formula is C18H18FN3O2S. The van der Waals surface area contributed by atoms with Crippen LogP contribution in [0.3, 0.4) is 0 Å². The Morgan fingerprint density at radius 1 is 1.36 bits per heavy atom. The molecule has 1 aromatic heterocycles. The number of fused-ring (bicyclic) bond motifs is 1. The van der Waals surface area contributed by atoms with Crippen LogP contribution >= 0.6 is 11.8 Å². The van der Waals surface area contributed by atoms with Crippen LogP contribution in [0.2, 0.25) is 0 Å². The molecule has 1 amide bonds. The quantitative estimate of drug-likeness (QED) is 0.687. The number of nitrogens with zero attached hydrogens (tertiary/aromatic N) is 2. The van der Waals surface area contributed by atoms with Crippen molar-refractivity contribution >= 4 is 34.3 Å². The first kappa shape index (κ1) is 17.4. The van der Waals surface area contributed by atoms with Gasteiger partial charge in [0.25, 0.3) is 5.91 Å². The maximum atomic E-state index is 13.2. The minimum atomic E-state index is -1.60. The lowest BCUT2D eigenvalue weighted by molar-refractivity contribution is -0.130. The van der Waals surface area contributed by atoms with Crippen molar-refractivity contribution < 1.29 is 14.3 Å². The Labute approximate surface area is 148 Å². The maximum absolute atomic E-state index is 13.2. The number of carbonyl (C=O) groups is 1. The smallest absolute Gasteiger partial charge is 0.256 e. The number of amides is 1. The van der Waals surface area contributed by atoms with Crippen molar-refractivity contribution in [3.63, 3.8) is 0 Å². The molecule has 0 saturated heterocycles. The van der Waals surface area contributed by atoms with Gasteiger partial charge in [-0.25, -0.2) is 4.39 Å². The highest BCUT2D eigenvalue weighted by Gasteiger charge is 2.30. The summed E-state index contributed by atoms with van der Waals surface area (Å²) in [6.07, 6.45) is 1.88. The predicted octanol–water partition coefficient (Wildman–Crippen LogP) is 3.19. The van der Waals surface area contributed by atoms with Gasteiger partial charge in [0.1, 0.15) is 11.4 Å². The number of thioether (sulfide) groups is 1. The highest BCUT2D eigenvalue weighted by molar-refractivity contribution is 7.99. The number of anilines is 1. The summed E-state index contributed by atoms with van der Waals surface area (Å²) in [5, 5.41) is 18.4. The van der Waals surface area contributed by atoms with Gasteiger partial charge in [0.2, 0.25) is 0 Å². The zero-order valence-electron chi connectivity index (χ0n) is 13.9. The highest BCUT2D eigenvalue weighted by atomic mass is 32.2. The molecular weight excluding hydrogens is 341 g/mol. The number of carbonyl (C=O) groups excluding carboxylic acids is 1. The molecule has 0 spiro atoms. The lowest BCUT2D eigenvalue weighted by Crippen LogP contribution is -2.42. The van der Waals surface area contributed by atoms with Gasteiger partial charge in [-0.1, -0.05) is 6.07 Å². The molecule has 0 fully saturated rings. The Balaban J connectivity index is 1.67. The molecule has 130 valence electrons. The number of hydrogen-bond acceptors (Lipinski definition) is 4. The summed E-state index contributed by atoms with van der Waals surface area (Å²) < 4.78 is 14.9. The van der Waals surface area contributed by atoms with Gasteiger partial charge in [-0.3, -0.25) is 9.48 Å². The summed E-state index contributed by atoms with van der Waals surface area (Å²) in [5.41, 5.74) is -0.280. The fraction of sp³-hybridized carbons (Fsp3) is 0.222. The molecule has 1 unspecified atom stereocenters. The van der Waals surface area contributed by atoms with Gasteiger partial charge in [0.05, 0.1) is 5.52 Å². The predicted molar refractivity (Wildman–Crippen MR) is 97.1 cm³/mol. The average Bonchev–Trinajstić information content (AvgIpc) is 2.92. The second kappa shape index (κ2) is 6.85. The molecule has 0 aliphatic rings. The molecule has 25 heavy (non-hydrogen) atoms. The molecule has 0 aliphatic carbocycles. The van der Waals surface area contributed by atoms with Gasteiger partial charge in [0.15, 0.2) is 0 Å². The molecule has 3 rings (SSSR count). The summed E-state index contributed by atoms with van der Waals surface area (Å²) in [6.45, 7) is 1.44. The SMILES string of the molecule is Cn1cc2ccc(NC(=O)C(C)(O)CSc3cccc(F)c3)cc2n1. The van der Waals surface area contributed by atoms with Crippen LogP contribution in [-0.4, -0.2) is 32.1 Å². The molecule has 0 saturated carbocycles. The van der Waals surface area contributed by atoms with Crippen molar-refractivity contribution in [3.8, 4) is 0 Å². The fourth-order valence-electron chi connectivity index (χ4n) is 2.33. The zero-order chi connectivity index (χ0) is 18.0. The van der Waals surface area contributed by atoms with E-state index in [1.807, 2.05) is 19.3 Å². The number of rotatable bonds is 5. The van der Waals surface area contributed by atoms with Crippen molar-refractivity contribution in [1.29, 1.82) is 0 Å². The Bertz CT molecular complexity index is 924. The van der Waals surface area contributed by atoms with Gasteiger partial charge >= 0.3 is 0 Å². The second-order valence-corrected chi connectivity index (χ2v) is 7.10. The third-order valence-corrected chi connectivity index (χ3v) is 4.98. The lowest BCUT2D eigenvalue weighted by Gasteiger charge is -2.22. The van der Waals surface area contributed by atoms with Crippen molar-refractivity contribution in [3.05, 3.63) is 54.5 Å². The molecule has 0 bridgehead atoms. The topological polar surface area (TPSA) is 67.2 Å². The molecule has 0 radical (unpaired) electrons. The Morgan fingerprint density at radius 3 is 2.92 bits per heavy atom. The summed E-state index contributed by atoms with van der Waals surface area (Å²) in [7, 11) is 1.83. The number of halogens is 1. The average molecular weight is 359 g/mol. The fourth-order valence-corrected chi connectivity index (χ4v) is 3.28. The number of benzene rings is 2. The van der Waals surface area contributed by atoms with Crippen LogP contribution in [0.15, 0.2) is 53.6 Å². The Hall–Kier alpha value is -2.38. The molecule has 0 aliphatic heterocycles. The molecule has 7 heteroatoms. The molecule has 5 nitrogen and oxygen atoms in total. The normalized spacial score (nSPS) is 13.6. The molecule has 2 N–H and O–H groups in total. The van der Waals surface area contributed by atoms with Crippen LogP contribution in [0.1, 0.15) is 6.92 Å². The summed E-state index contributed by atoms with van der Waals surface area (Å²) in [4.78, 5) is 13.0. The summed E-state index contributed by atoms with van der Waals surface area (Å²) in [6, 6.07) is 11.4. The third kappa shape index (κ3) is 4.18. The van der Waals surface area contributed by atoms with E-state index in [2.05, 4.69) is 10.4 Å². The lowest BCUT2D eigenvalue weighted by atomic mass is 10.1. The van der Waals surface area contributed by atoms with E-state index in [9.17, 15) is 14.3 Å². The van der Waals surface area contributed by atoms with E-state index in [0.717, 1.165) is 10.9 Å². The third-order valence-electron chi connectivity index (χ3n) is 3.68. The molecule has 2 aromatic carbocycles. The van der Waals surface area contributed by atoms with Gasteiger partial charge in [-0.05, 0) is 43.3 Å². The van der Waals surface area contributed by atoms with Gasteiger partial charge < -0.3 is 10.4 Å². The first-order valence-electron chi connectivity index (χ1n) is 7.69.